The van der Waals surface area contributed by atoms with Crippen molar-refractivity contribution in [2.45, 2.75) is 123 Å². The molecule has 0 saturated carbocycles. The van der Waals surface area contributed by atoms with Gasteiger partial charge in [0.2, 0.25) is 17.7 Å². The molecule has 0 rings (SSSR count). The zero-order valence-corrected chi connectivity index (χ0v) is 32.2. The van der Waals surface area contributed by atoms with Crippen molar-refractivity contribution in [1.29, 1.82) is 0 Å². The predicted octanol–water partition coefficient (Wildman–Crippen LogP) is 3.10. The molecule has 0 spiro atoms. The number of amides is 3. The Morgan fingerprint density at radius 2 is 1.35 bits per heavy atom. The standard InChI is InChI=1S/C34H63N4O10P/c1-23(28(41)42)21-32(2,3)31(46)38-24(29(43)44)14-15-26(39)37-18-20-48-33(4,5)16-19-47-34(6,7)22-27(40)36-17-12-11-13-25(35-8)30(45)49(9)10/h23-25,35H,11-22H2,1-10H3,(H,36,40)(H,37,39)(H,38,46)(H,41,42)(H,43,44)/t23?,24-,25-/m0/s1. The maximum atomic E-state index is 12.7. The van der Waals surface area contributed by atoms with Crippen LogP contribution in [0.5, 0.6) is 0 Å². The van der Waals surface area contributed by atoms with Crippen molar-refractivity contribution in [1.82, 2.24) is 21.3 Å². The quantitative estimate of drug-likeness (QED) is 0.0537. The molecule has 0 aliphatic rings. The highest BCUT2D eigenvalue weighted by molar-refractivity contribution is 7.73. The molecule has 14 nitrogen and oxygen atoms in total. The van der Waals surface area contributed by atoms with E-state index in [-0.39, 0.29) is 56.3 Å². The zero-order chi connectivity index (χ0) is 38.0. The van der Waals surface area contributed by atoms with Crippen LogP contribution in [0.3, 0.4) is 0 Å². The van der Waals surface area contributed by atoms with E-state index >= 15 is 0 Å². The summed E-state index contributed by atoms with van der Waals surface area (Å²) in [7, 11) is 1.17. The maximum Gasteiger partial charge on any atom is 0.326 e. The molecule has 6 N–H and O–H groups in total. The van der Waals surface area contributed by atoms with E-state index in [2.05, 4.69) is 21.3 Å². The van der Waals surface area contributed by atoms with Crippen LogP contribution in [0, 0.1) is 11.3 Å². The topological polar surface area (TPSA) is 209 Å². The molecule has 284 valence electrons. The maximum absolute atomic E-state index is 12.7. The molecule has 1 unspecified atom stereocenters. The average molecular weight is 719 g/mol. The van der Waals surface area contributed by atoms with Crippen molar-refractivity contribution in [3.8, 4) is 0 Å². The average Bonchev–Trinajstić information content (AvgIpc) is 2.97. The Bertz CT molecular complexity index is 1100. The van der Waals surface area contributed by atoms with E-state index in [9.17, 15) is 33.9 Å². The number of hydrogen-bond donors (Lipinski definition) is 6. The molecule has 0 bridgehead atoms. The van der Waals surface area contributed by atoms with Gasteiger partial charge in [-0.2, -0.15) is 0 Å². The third-order valence-electron chi connectivity index (χ3n) is 8.15. The Morgan fingerprint density at radius 1 is 0.755 bits per heavy atom. The van der Waals surface area contributed by atoms with Gasteiger partial charge in [0.05, 0.1) is 42.8 Å². The second-order valence-corrected chi connectivity index (χ2v) is 16.9. The number of carboxylic acid groups (broad SMARTS) is 2. The molecule has 0 radical (unpaired) electrons. The summed E-state index contributed by atoms with van der Waals surface area (Å²) in [5.41, 5.74) is -2.10. The summed E-state index contributed by atoms with van der Waals surface area (Å²) in [6.07, 6.45) is 2.86. The third-order valence-corrected chi connectivity index (χ3v) is 9.34. The fourth-order valence-corrected chi connectivity index (χ4v) is 5.87. The Balaban J connectivity index is 4.42. The van der Waals surface area contributed by atoms with E-state index in [0.717, 1.165) is 19.3 Å². The molecule has 15 heteroatoms. The molecule has 0 aliphatic heterocycles. The van der Waals surface area contributed by atoms with Crippen LogP contribution in [0.2, 0.25) is 0 Å². The number of carbonyl (C=O) groups excluding carboxylic acids is 4. The lowest BCUT2D eigenvalue weighted by Gasteiger charge is -2.29. The molecule has 0 aliphatic carbocycles. The molecule has 0 saturated heterocycles. The normalized spacial score (nSPS) is 14.1. The summed E-state index contributed by atoms with van der Waals surface area (Å²) in [5.74, 6) is -4.21. The first-order valence-electron chi connectivity index (χ1n) is 17.0. The molecule has 0 aromatic rings. The fourth-order valence-electron chi connectivity index (χ4n) is 4.99. The van der Waals surface area contributed by atoms with E-state index in [1.165, 1.54) is 6.92 Å². The molecule has 0 heterocycles. The number of hydrogen-bond acceptors (Lipinski definition) is 9. The number of aliphatic carboxylic acids is 2. The highest BCUT2D eigenvalue weighted by Gasteiger charge is 2.34. The third kappa shape index (κ3) is 20.6. The molecule has 49 heavy (non-hydrogen) atoms. The molecule has 3 atom stereocenters. The highest BCUT2D eigenvalue weighted by Crippen LogP contribution is 2.29. The number of rotatable bonds is 27. The van der Waals surface area contributed by atoms with Gasteiger partial charge in [-0.25, -0.2) is 4.79 Å². The minimum atomic E-state index is -1.30. The molecule has 3 amide bonds. The number of carboxylic acids is 2. The summed E-state index contributed by atoms with van der Waals surface area (Å²) >= 11 is 0. The van der Waals surface area contributed by atoms with Crippen molar-refractivity contribution < 1.29 is 48.5 Å². The first-order chi connectivity index (χ1) is 22.5. The van der Waals surface area contributed by atoms with Crippen molar-refractivity contribution in [3.63, 3.8) is 0 Å². The Kier molecular flexibility index (Phi) is 21.0. The van der Waals surface area contributed by atoms with Crippen LogP contribution >= 0.6 is 7.92 Å². The van der Waals surface area contributed by atoms with Gasteiger partial charge in [-0.1, -0.05) is 20.8 Å². The molecular weight excluding hydrogens is 655 g/mol. The second kappa shape index (κ2) is 22.2. The Morgan fingerprint density at radius 3 is 1.90 bits per heavy atom. The van der Waals surface area contributed by atoms with Crippen molar-refractivity contribution in [2.75, 3.05) is 46.7 Å². The van der Waals surface area contributed by atoms with E-state index in [1.54, 1.807) is 20.9 Å². The van der Waals surface area contributed by atoms with Crippen molar-refractivity contribution >= 4 is 43.1 Å². The number of nitrogens with one attached hydrogen (secondary N) is 4. The summed E-state index contributed by atoms with van der Waals surface area (Å²) in [4.78, 5) is 72.6. The summed E-state index contributed by atoms with van der Waals surface area (Å²) in [6.45, 7) is 17.3. The minimum absolute atomic E-state index is 0.0297. The van der Waals surface area contributed by atoms with Crippen LogP contribution in [0.1, 0.15) is 99.8 Å². The lowest BCUT2D eigenvalue weighted by Crippen LogP contribution is -2.47. The molecule has 0 aromatic carbocycles. The predicted molar refractivity (Wildman–Crippen MR) is 190 cm³/mol. The fraction of sp³-hybridized carbons (Fsp3) is 0.824. The first-order valence-corrected chi connectivity index (χ1v) is 19.2. The summed E-state index contributed by atoms with van der Waals surface area (Å²) in [5, 5.41) is 29.8. The van der Waals surface area contributed by atoms with Crippen LogP contribution in [-0.4, -0.2) is 115 Å². The lowest BCUT2D eigenvalue weighted by atomic mass is 9.82. The summed E-state index contributed by atoms with van der Waals surface area (Å²) in [6, 6.07) is -1.43. The van der Waals surface area contributed by atoms with E-state index in [0.29, 0.717) is 19.6 Å². The van der Waals surface area contributed by atoms with Gasteiger partial charge in [0.15, 0.2) is 5.52 Å². The number of likely N-dealkylation sites (N-methyl/N-ethyl adjacent to an activating group) is 1. The van der Waals surface area contributed by atoms with Gasteiger partial charge < -0.3 is 41.0 Å². The summed E-state index contributed by atoms with van der Waals surface area (Å²) < 4.78 is 11.9. The molecule has 0 fully saturated rings. The minimum Gasteiger partial charge on any atom is -0.481 e. The van der Waals surface area contributed by atoms with Gasteiger partial charge in [0.1, 0.15) is 6.04 Å². The number of unbranched alkanes of at least 4 members (excludes halogenated alkanes) is 1. The second-order valence-electron chi connectivity index (χ2n) is 14.6. The Labute approximate surface area is 293 Å². The number of carbonyl (C=O) groups is 6. The number of ether oxygens (including phenoxy) is 2. The van der Waals surface area contributed by atoms with E-state index < -0.39 is 60.3 Å². The molecular formula is C34H63N4O10P. The van der Waals surface area contributed by atoms with Gasteiger partial charge in [0.25, 0.3) is 0 Å². The van der Waals surface area contributed by atoms with E-state index in [4.69, 9.17) is 14.6 Å². The SMILES string of the molecule is CN[C@@H](CCCCNC(=O)CC(C)(C)OCCC(C)(C)OCCNC(=O)CC[C@H](NC(=O)C(C)(C)CC(C)C(=O)O)C(=O)O)C(=O)P(C)C. The Hall–Kier alpha value is -2.67. The van der Waals surface area contributed by atoms with E-state index in [1.807, 2.05) is 41.0 Å². The van der Waals surface area contributed by atoms with Gasteiger partial charge in [-0.15, -0.1) is 0 Å². The largest absolute Gasteiger partial charge is 0.481 e. The van der Waals surface area contributed by atoms with Crippen LogP contribution in [0.25, 0.3) is 0 Å². The molecule has 0 aromatic heterocycles. The van der Waals surface area contributed by atoms with Gasteiger partial charge >= 0.3 is 11.9 Å². The van der Waals surface area contributed by atoms with Crippen molar-refractivity contribution in [3.05, 3.63) is 0 Å². The highest BCUT2D eigenvalue weighted by atomic mass is 31.1. The lowest BCUT2D eigenvalue weighted by molar-refractivity contribution is -0.146. The van der Waals surface area contributed by atoms with Gasteiger partial charge in [0, 0.05) is 24.9 Å². The van der Waals surface area contributed by atoms with Crippen molar-refractivity contribution in [2.24, 2.45) is 11.3 Å². The van der Waals surface area contributed by atoms with Crippen LogP contribution in [-0.2, 0) is 38.2 Å². The zero-order valence-electron chi connectivity index (χ0n) is 31.3. The van der Waals surface area contributed by atoms with Crippen LogP contribution < -0.4 is 21.3 Å². The van der Waals surface area contributed by atoms with Gasteiger partial charge in [-0.3, -0.25) is 24.0 Å². The van der Waals surface area contributed by atoms with Crippen LogP contribution in [0.4, 0.5) is 0 Å². The monoisotopic (exact) mass is 718 g/mol. The van der Waals surface area contributed by atoms with Gasteiger partial charge in [-0.05, 0) is 94.5 Å². The smallest absolute Gasteiger partial charge is 0.326 e. The first kappa shape index (κ1) is 46.3. The van der Waals surface area contributed by atoms with Crippen LogP contribution in [0.15, 0.2) is 0 Å².